The fourth-order valence-electron chi connectivity index (χ4n) is 4.11. The molecule has 0 saturated carbocycles. The molecule has 2 aliphatic rings. The number of carbonyl (C=O) groups excluding carboxylic acids is 1. The monoisotopic (exact) mass is 434 g/mol. The van der Waals surface area contributed by atoms with Crippen LogP contribution in [0.2, 0.25) is 0 Å². The van der Waals surface area contributed by atoms with Crippen molar-refractivity contribution in [2.75, 3.05) is 61.1 Å². The molecule has 10 heteroatoms. The molecule has 0 spiro atoms. The summed E-state index contributed by atoms with van der Waals surface area (Å²) in [7, 11) is 1.91. The molecular weight excluding hydrogens is 412 g/mol. The van der Waals surface area contributed by atoms with Crippen molar-refractivity contribution >= 4 is 40.0 Å². The average Bonchev–Trinajstić information content (AvgIpc) is 2.83. The minimum Gasteiger partial charge on any atom is -0.378 e. The van der Waals surface area contributed by atoms with E-state index in [1.165, 1.54) is 12.1 Å². The predicted molar refractivity (Wildman–Crippen MR) is 121 cm³/mol. The Kier molecular flexibility index (Phi) is 5.06. The molecule has 0 atom stereocenters. The highest BCUT2D eigenvalue weighted by Crippen LogP contribution is 2.34. The Balaban J connectivity index is 1.61. The number of likely N-dealkylation sites (N-methyl/N-ethyl adjacent to an activating group) is 1. The number of aromatic nitrogens is 2. The van der Waals surface area contributed by atoms with Gasteiger partial charge in [-0.25, -0.2) is 9.97 Å². The maximum Gasteiger partial charge on any atom is 0.270 e. The molecule has 0 N–H and O–H groups in total. The van der Waals surface area contributed by atoms with E-state index in [1.54, 1.807) is 11.0 Å². The van der Waals surface area contributed by atoms with Gasteiger partial charge in [-0.15, -0.1) is 0 Å². The zero-order chi connectivity index (χ0) is 22.2. The molecule has 5 rings (SSSR count). The van der Waals surface area contributed by atoms with Crippen molar-refractivity contribution in [3.8, 4) is 0 Å². The Bertz CT molecular complexity index is 1210. The zero-order valence-corrected chi connectivity index (χ0v) is 17.6. The van der Waals surface area contributed by atoms with Gasteiger partial charge in [0.1, 0.15) is 0 Å². The van der Waals surface area contributed by atoms with E-state index in [1.807, 2.05) is 41.1 Å². The predicted octanol–water partition coefficient (Wildman–Crippen LogP) is 2.47. The molecule has 0 radical (unpaired) electrons. The van der Waals surface area contributed by atoms with Gasteiger partial charge in [-0.3, -0.25) is 19.8 Å². The molecule has 1 amide bonds. The summed E-state index contributed by atoms with van der Waals surface area (Å²) in [5, 5.41) is 11.4. The van der Waals surface area contributed by atoms with E-state index in [0.29, 0.717) is 62.2 Å². The molecule has 10 nitrogen and oxygen atoms in total. The first-order chi connectivity index (χ1) is 15.5. The number of rotatable bonds is 3. The molecule has 2 aromatic carbocycles. The second-order valence-corrected chi connectivity index (χ2v) is 7.80. The van der Waals surface area contributed by atoms with Crippen LogP contribution in [0.5, 0.6) is 0 Å². The molecule has 3 aromatic rings. The number of non-ortho nitro benzene ring substituents is 1. The van der Waals surface area contributed by atoms with Crippen LogP contribution in [0.15, 0.2) is 42.5 Å². The summed E-state index contributed by atoms with van der Waals surface area (Å²) in [6.07, 6.45) is 0. The summed E-state index contributed by atoms with van der Waals surface area (Å²) < 4.78 is 5.43. The summed E-state index contributed by atoms with van der Waals surface area (Å²) in [5.41, 5.74) is 2.26. The number of para-hydroxylation sites is 2. The number of benzene rings is 2. The number of carbonyl (C=O) groups is 1. The lowest BCUT2D eigenvalue weighted by Crippen LogP contribution is -2.44. The second-order valence-electron chi connectivity index (χ2n) is 7.80. The first-order valence-electron chi connectivity index (χ1n) is 10.4. The van der Waals surface area contributed by atoms with Gasteiger partial charge in [-0.1, -0.05) is 12.1 Å². The highest BCUT2D eigenvalue weighted by molar-refractivity contribution is 6.11. The Labute approximate surface area is 184 Å². The van der Waals surface area contributed by atoms with Gasteiger partial charge in [-0.2, -0.15) is 0 Å². The lowest BCUT2D eigenvalue weighted by molar-refractivity contribution is -0.384. The Morgan fingerprint density at radius 2 is 1.69 bits per heavy atom. The van der Waals surface area contributed by atoms with E-state index in [0.717, 1.165) is 5.52 Å². The van der Waals surface area contributed by atoms with Crippen LogP contribution in [0.3, 0.4) is 0 Å². The van der Waals surface area contributed by atoms with Crippen LogP contribution >= 0.6 is 0 Å². The summed E-state index contributed by atoms with van der Waals surface area (Å²) in [6, 6.07) is 12.0. The number of hydrogen-bond donors (Lipinski definition) is 0. The van der Waals surface area contributed by atoms with Crippen molar-refractivity contribution in [2.45, 2.75) is 0 Å². The Hall–Kier alpha value is -3.79. The second kappa shape index (κ2) is 8.04. The molecule has 1 saturated heterocycles. The number of ether oxygens (including phenoxy) is 1. The van der Waals surface area contributed by atoms with Crippen molar-refractivity contribution in [3.05, 3.63) is 58.1 Å². The molecule has 0 unspecified atom stereocenters. The summed E-state index contributed by atoms with van der Waals surface area (Å²) in [4.78, 5) is 39.8. The van der Waals surface area contributed by atoms with Crippen LogP contribution in [0, 0.1) is 10.1 Å². The third kappa shape index (κ3) is 3.48. The van der Waals surface area contributed by atoms with Crippen molar-refractivity contribution in [3.63, 3.8) is 0 Å². The van der Waals surface area contributed by atoms with Crippen LogP contribution in [0.4, 0.5) is 23.0 Å². The van der Waals surface area contributed by atoms with Gasteiger partial charge >= 0.3 is 0 Å². The molecule has 0 aliphatic carbocycles. The minimum absolute atomic E-state index is 0.121. The number of morpholine rings is 1. The van der Waals surface area contributed by atoms with E-state index in [4.69, 9.17) is 14.7 Å². The fourth-order valence-corrected chi connectivity index (χ4v) is 4.11. The van der Waals surface area contributed by atoms with Crippen LogP contribution in [0.25, 0.3) is 11.0 Å². The van der Waals surface area contributed by atoms with Crippen LogP contribution < -0.4 is 14.7 Å². The number of hydrogen-bond acceptors (Lipinski definition) is 8. The Morgan fingerprint density at radius 3 is 2.38 bits per heavy atom. The number of amides is 1. The van der Waals surface area contributed by atoms with E-state index >= 15 is 0 Å². The average molecular weight is 434 g/mol. The van der Waals surface area contributed by atoms with E-state index in [2.05, 4.69) is 0 Å². The van der Waals surface area contributed by atoms with E-state index < -0.39 is 4.92 Å². The smallest absolute Gasteiger partial charge is 0.270 e. The number of anilines is 3. The normalized spacial score (nSPS) is 16.2. The first kappa shape index (κ1) is 20.1. The summed E-state index contributed by atoms with van der Waals surface area (Å²) >= 11 is 0. The standard InChI is InChI=1S/C22H22N6O4/c1-25-8-9-27(21-20(25)23-17-4-2-3-5-18(17)24-21)22(29)16-14-15(28(30)31)6-7-19(16)26-10-12-32-13-11-26/h2-7,14H,8-13H2,1H3. The maximum absolute atomic E-state index is 13.8. The SMILES string of the molecule is CN1CCN(C(=O)c2cc([N+](=O)[O-])ccc2N2CCOCC2)c2nc3ccccc3nc21. The highest BCUT2D eigenvalue weighted by atomic mass is 16.6. The van der Waals surface area contributed by atoms with Crippen molar-refractivity contribution < 1.29 is 14.5 Å². The Morgan fingerprint density at radius 1 is 1.00 bits per heavy atom. The maximum atomic E-state index is 13.8. The number of nitrogens with zero attached hydrogens (tertiary/aromatic N) is 6. The minimum atomic E-state index is -0.481. The third-order valence-corrected chi connectivity index (χ3v) is 5.83. The molecule has 1 aromatic heterocycles. The lowest BCUT2D eigenvalue weighted by atomic mass is 10.1. The first-order valence-corrected chi connectivity index (χ1v) is 10.4. The number of fused-ring (bicyclic) bond motifs is 2. The van der Waals surface area contributed by atoms with Gasteiger partial charge in [0, 0.05) is 45.4 Å². The van der Waals surface area contributed by atoms with Gasteiger partial charge in [-0.05, 0) is 18.2 Å². The summed E-state index contributed by atoms with van der Waals surface area (Å²) in [5.74, 6) is 0.748. The zero-order valence-electron chi connectivity index (χ0n) is 17.6. The molecular formula is C22H22N6O4. The molecule has 3 heterocycles. The van der Waals surface area contributed by atoms with Gasteiger partial charge in [0.2, 0.25) is 0 Å². The number of nitro benzene ring substituents is 1. The van der Waals surface area contributed by atoms with Crippen molar-refractivity contribution in [1.29, 1.82) is 0 Å². The fraction of sp³-hybridized carbons (Fsp3) is 0.318. The quantitative estimate of drug-likeness (QED) is 0.457. The van der Waals surface area contributed by atoms with Crippen molar-refractivity contribution in [1.82, 2.24) is 9.97 Å². The van der Waals surface area contributed by atoms with E-state index in [-0.39, 0.29) is 17.2 Å². The highest BCUT2D eigenvalue weighted by Gasteiger charge is 2.32. The van der Waals surface area contributed by atoms with Crippen molar-refractivity contribution in [2.24, 2.45) is 0 Å². The van der Waals surface area contributed by atoms with Crippen LogP contribution in [0.1, 0.15) is 10.4 Å². The van der Waals surface area contributed by atoms with Crippen LogP contribution in [-0.2, 0) is 4.74 Å². The van der Waals surface area contributed by atoms with Gasteiger partial charge < -0.3 is 14.5 Å². The van der Waals surface area contributed by atoms with E-state index in [9.17, 15) is 14.9 Å². The molecule has 164 valence electrons. The topological polar surface area (TPSA) is 105 Å². The van der Waals surface area contributed by atoms with Gasteiger partial charge in [0.25, 0.3) is 11.6 Å². The number of nitro groups is 1. The molecule has 32 heavy (non-hydrogen) atoms. The largest absolute Gasteiger partial charge is 0.378 e. The van der Waals surface area contributed by atoms with Gasteiger partial charge in [0.05, 0.1) is 40.4 Å². The summed E-state index contributed by atoms with van der Waals surface area (Å²) in [6.45, 7) is 3.29. The molecule has 0 bridgehead atoms. The lowest BCUT2D eigenvalue weighted by Gasteiger charge is -2.35. The van der Waals surface area contributed by atoms with Gasteiger partial charge in [0.15, 0.2) is 11.6 Å². The molecule has 2 aliphatic heterocycles. The van der Waals surface area contributed by atoms with Crippen LogP contribution in [-0.4, -0.2) is 67.2 Å². The third-order valence-electron chi connectivity index (χ3n) is 5.83. The molecule has 1 fully saturated rings.